The number of fused-ring (bicyclic) bond motifs is 3. The number of nitrogens with zero attached hydrogens (tertiary/aromatic N) is 2. The van der Waals surface area contributed by atoms with Crippen LogP contribution in [0.15, 0.2) is 111 Å². The Kier molecular flexibility index (Phi) is 5.39. The first kappa shape index (κ1) is 20.0. The molecule has 5 rings (SSSR count). The zero-order valence-electron chi connectivity index (χ0n) is 18.2. The molecule has 0 aliphatic rings. The molecule has 0 atom stereocenters. The molecule has 0 amide bonds. The van der Waals surface area contributed by atoms with Gasteiger partial charge in [-0.1, -0.05) is 84.4 Å². The first-order chi connectivity index (χ1) is 15.7. The lowest BCUT2D eigenvalue weighted by Crippen LogP contribution is -2.04. The molecule has 1 aromatic heterocycles. The maximum atomic E-state index is 6.26. The fourth-order valence-electron chi connectivity index (χ4n) is 3.94. The molecule has 0 unspecified atom stereocenters. The van der Waals surface area contributed by atoms with E-state index < -0.39 is 0 Å². The van der Waals surface area contributed by atoms with Crippen molar-refractivity contribution < 1.29 is 4.42 Å². The molecule has 1 heterocycles. The van der Waals surface area contributed by atoms with Crippen LogP contribution in [0.25, 0.3) is 21.9 Å². The van der Waals surface area contributed by atoms with E-state index in [0.29, 0.717) is 6.54 Å². The van der Waals surface area contributed by atoms with E-state index >= 15 is 0 Å². The molecule has 0 aliphatic heterocycles. The van der Waals surface area contributed by atoms with E-state index in [1.165, 1.54) is 5.56 Å². The molecular formula is C29H24N2O. The summed E-state index contributed by atoms with van der Waals surface area (Å²) in [5, 5.41) is 2.24. The smallest absolute Gasteiger partial charge is 0.155 e. The van der Waals surface area contributed by atoms with Crippen LogP contribution in [-0.4, -0.2) is 11.5 Å². The number of amidine groups is 1. The Morgan fingerprint density at radius 2 is 1.53 bits per heavy atom. The summed E-state index contributed by atoms with van der Waals surface area (Å²) in [6.45, 7) is 4.70. The average Bonchev–Trinajstić information content (AvgIpc) is 3.20. The van der Waals surface area contributed by atoms with Crippen LogP contribution >= 0.6 is 0 Å². The second kappa shape index (κ2) is 8.64. The maximum Gasteiger partial charge on any atom is 0.155 e. The van der Waals surface area contributed by atoms with Gasteiger partial charge in [0.2, 0.25) is 0 Å². The standard InChI is InChI=1S/C29H24N2O/c1-20-16-17-27-26(18-20)25-15-9-14-24(28(25)32-27)21(2)31-29(23-12-7-4-8-13-23)30-19-22-10-5-3-6-11-22/h3-18H,19H2,1-2H3. The number of rotatable bonds is 4. The van der Waals surface area contributed by atoms with Gasteiger partial charge in [0.05, 0.1) is 12.3 Å². The lowest BCUT2D eigenvalue weighted by Gasteiger charge is -2.06. The van der Waals surface area contributed by atoms with Crippen LogP contribution in [0.4, 0.5) is 0 Å². The van der Waals surface area contributed by atoms with Gasteiger partial charge in [0.15, 0.2) is 5.84 Å². The van der Waals surface area contributed by atoms with E-state index in [1.54, 1.807) is 0 Å². The van der Waals surface area contributed by atoms with Gasteiger partial charge in [0.1, 0.15) is 11.2 Å². The molecule has 5 aromatic rings. The van der Waals surface area contributed by atoms with Crippen molar-refractivity contribution in [3.05, 3.63) is 119 Å². The summed E-state index contributed by atoms with van der Waals surface area (Å²) in [5.41, 5.74) is 6.99. The zero-order valence-corrected chi connectivity index (χ0v) is 18.2. The minimum Gasteiger partial charge on any atom is -0.455 e. The Hall–Kier alpha value is -3.98. The van der Waals surface area contributed by atoms with Crippen molar-refractivity contribution in [2.45, 2.75) is 20.4 Å². The third-order valence-corrected chi connectivity index (χ3v) is 5.60. The SMILES string of the molecule is CC(=NC(=NCc1ccccc1)c1ccccc1)c1cccc2c1oc1ccc(C)cc12. The highest BCUT2D eigenvalue weighted by Crippen LogP contribution is 2.32. The van der Waals surface area contributed by atoms with Crippen molar-refractivity contribution in [2.24, 2.45) is 9.98 Å². The molecule has 3 nitrogen and oxygen atoms in total. The zero-order chi connectivity index (χ0) is 21.9. The average molecular weight is 417 g/mol. The normalized spacial score (nSPS) is 12.6. The molecule has 0 spiro atoms. The van der Waals surface area contributed by atoms with Gasteiger partial charge in [0.25, 0.3) is 0 Å². The third-order valence-electron chi connectivity index (χ3n) is 5.60. The third kappa shape index (κ3) is 3.97. The van der Waals surface area contributed by atoms with Crippen LogP contribution < -0.4 is 0 Å². The summed E-state index contributed by atoms with van der Waals surface area (Å²) >= 11 is 0. The molecule has 0 aliphatic carbocycles. The molecule has 0 fully saturated rings. The number of benzene rings is 4. The Morgan fingerprint density at radius 1 is 0.781 bits per heavy atom. The molecule has 3 heteroatoms. The van der Waals surface area contributed by atoms with E-state index in [4.69, 9.17) is 14.4 Å². The number of aryl methyl sites for hydroxylation is 1. The number of hydrogen-bond acceptors (Lipinski definition) is 2. The monoisotopic (exact) mass is 416 g/mol. The van der Waals surface area contributed by atoms with Crippen LogP contribution in [0.5, 0.6) is 0 Å². The van der Waals surface area contributed by atoms with Gasteiger partial charge in [-0.25, -0.2) is 4.99 Å². The first-order valence-corrected chi connectivity index (χ1v) is 10.8. The van der Waals surface area contributed by atoms with Crippen molar-refractivity contribution in [3.8, 4) is 0 Å². The predicted octanol–water partition coefficient (Wildman–Crippen LogP) is 7.35. The maximum absolute atomic E-state index is 6.26. The molecule has 0 bridgehead atoms. The largest absolute Gasteiger partial charge is 0.455 e. The summed E-state index contributed by atoms with van der Waals surface area (Å²) in [4.78, 5) is 9.84. The molecule has 0 saturated heterocycles. The van der Waals surface area contributed by atoms with Crippen LogP contribution in [-0.2, 0) is 6.54 Å². The summed E-state index contributed by atoms with van der Waals surface area (Å²) in [6, 6.07) is 32.9. The van der Waals surface area contributed by atoms with E-state index in [9.17, 15) is 0 Å². The van der Waals surface area contributed by atoms with Gasteiger partial charge in [0, 0.05) is 21.9 Å². The van der Waals surface area contributed by atoms with Crippen LogP contribution in [0.1, 0.15) is 29.2 Å². The van der Waals surface area contributed by atoms with E-state index in [0.717, 1.165) is 50.2 Å². The molecule has 0 N–H and O–H groups in total. The molecular weight excluding hydrogens is 392 g/mol. The summed E-state index contributed by atoms with van der Waals surface area (Å²) in [5.74, 6) is 0.718. The van der Waals surface area contributed by atoms with E-state index in [1.807, 2.05) is 61.5 Å². The summed E-state index contributed by atoms with van der Waals surface area (Å²) in [7, 11) is 0. The van der Waals surface area contributed by atoms with Gasteiger partial charge in [-0.05, 0) is 37.6 Å². The molecule has 4 aromatic carbocycles. The Balaban J connectivity index is 1.60. The van der Waals surface area contributed by atoms with Crippen molar-refractivity contribution in [1.82, 2.24) is 0 Å². The highest BCUT2D eigenvalue weighted by Gasteiger charge is 2.13. The van der Waals surface area contributed by atoms with Gasteiger partial charge in [-0.2, -0.15) is 0 Å². The number of aliphatic imine (C=N–C) groups is 2. The minimum absolute atomic E-state index is 0.579. The quantitative estimate of drug-likeness (QED) is 0.223. The molecule has 0 radical (unpaired) electrons. The highest BCUT2D eigenvalue weighted by molar-refractivity contribution is 6.18. The number of para-hydroxylation sites is 1. The van der Waals surface area contributed by atoms with Crippen molar-refractivity contribution >= 4 is 33.5 Å². The van der Waals surface area contributed by atoms with Crippen LogP contribution in [0.2, 0.25) is 0 Å². The molecule has 156 valence electrons. The van der Waals surface area contributed by atoms with Crippen molar-refractivity contribution in [3.63, 3.8) is 0 Å². The second-order valence-corrected chi connectivity index (χ2v) is 7.97. The molecule has 0 saturated carbocycles. The first-order valence-electron chi connectivity index (χ1n) is 10.8. The van der Waals surface area contributed by atoms with Crippen molar-refractivity contribution in [1.29, 1.82) is 0 Å². The number of hydrogen-bond donors (Lipinski definition) is 0. The Morgan fingerprint density at radius 3 is 2.31 bits per heavy atom. The van der Waals surface area contributed by atoms with E-state index in [-0.39, 0.29) is 0 Å². The van der Waals surface area contributed by atoms with Gasteiger partial charge >= 0.3 is 0 Å². The molecule has 32 heavy (non-hydrogen) atoms. The number of furan rings is 1. The Labute approximate surface area is 187 Å². The Bertz CT molecular complexity index is 1440. The van der Waals surface area contributed by atoms with Crippen molar-refractivity contribution in [2.75, 3.05) is 0 Å². The predicted molar refractivity (Wildman–Crippen MR) is 134 cm³/mol. The van der Waals surface area contributed by atoms with Crippen LogP contribution in [0, 0.1) is 6.92 Å². The van der Waals surface area contributed by atoms with Gasteiger partial charge in [-0.15, -0.1) is 0 Å². The van der Waals surface area contributed by atoms with Gasteiger partial charge < -0.3 is 4.42 Å². The minimum atomic E-state index is 0.579. The van der Waals surface area contributed by atoms with Crippen LogP contribution in [0.3, 0.4) is 0 Å². The lowest BCUT2D eigenvalue weighted by molar-refractivity contribution is 0.668. The fourth-order valence-corrected chi connectivity index (χ4v) is 3.94. The highest BCUT2D eigenvalue weighted by atomic mass is 16.3. The topological polar surface area (TPSA) is 37.9 Å². The van der Waals surface area contributed by atoms with E-state index in [2.05, 4.69) is 49.4 Å². The summed E-state index contributed by atoms with van der Waals surface area (Å²) < 4.78 is 6.26. The summed E-state index contributed by atoms with van der Waals surface area (Å²) in [6.07, 6.45) is 0. The fraction of sp³-hybridized carbons (Fsp3) is 0.103. The lowest BCUT2D eigenvalue weighted by atomic mass is 10.1. The second-order valence-electron chi connectivity index (χ2n) is 7.97. The van der Waals surface area contributed by atoms with Gasteiger partial charge in [-0.3, -0.25) is 4.99 Å².